The molecule has 0 saturated heterocycles. The van der Waals surface area contributed by atoms with Gasteiger partial charge in [0.2, 0.25) is 0 Å². The van der Waals surface area contributed by atoms with E-state index in [1.807, 2.05) is 47.8 Å². The van der Waals surface area contributed by atoms with E-state index in [0.717, 1.165) is 28.6 Å². The van der Waals surface area contributed by atoms with Crippen molar-refractivity contribution in [1.29, 1.82) is 0 Å². The zero-order valence-corrected chi connectivity index (χ0v) is 11.7. The molecule has 3 nitrogen and oxygen atoms in total. The van der Waals surface area contributed by atoms with Gasteiger partial charge in [-0.3, -0.25) is 0 Å². The Hall–Kier alpha value is -2.33. The second-order valence-electron chi connectivity index (χ2n) is 4.46. The lowest BCUT2D eigenvalue weighted by Crippen LogP contribution is -1.98. The highest BCUT2D eigenvalue weighted by atomic mass is 32.1. The van der Waals surface area contributed by atoms with E-state index >= 15 is 0 Å². The number of aromatic nitrogens is 1. The fourth-order valence-corrected chi connectivity index (χ4v) is 2.69. The van der Waals surface area contributed by atoms with Gasteiger partial charge in [-0.25, -0.2) is 4.98 Å². The van der Waals surface area contributed by atoms with Gasteiger partial charge in [-0.1, -0.05) is 48.5 Å². The van der Waals surface area contributed by atoms with E-state index in [9.17, 15) is 0 Å². The number of nitrogens with zero attached hydrogens (tertiary/aromatic N) is 1. The molecular weight excluding hydrogens is 266 g/mol. The molecule has 1 heterocycles. The Labute approximate surface area is 122 Å². The summed E-state index contributed by atoms with van der Waals surface area (Å²) < 4.78 is 0. The van der Waals surface area contributed by atoms with Crippen LogP contribution in [0.1, 0.15) is 5.56 Å². The van der Waals surface area contributed by atoms with Crippen molar-refractivity contribution in [2.24, 2.45) is 0 Å². The first-order valence-corrected chi connectivity index (χ1v) is 7.29. The SMILES string of the molecule is Nc1ccccc1-c1csc(NCc2ccccc2)n1. The number of anilines is 2. The summed E-state index contributed by atoms with van der Waals surface area (Å²) in [7, 11) is 0. The predicted molar refractivity (Wildman–Crippen MR) is 85.7 cm³/mol. The van der Waals surface area contributed by atoms with Crippen LogP contribution in [-0.4, -0.2) is 4.98 Å². The summed E-state index contributed by atoms with van der Waals surface area (Å²) in [4.78, 5) is 4.58. The van der Waals surface area contributed by atoms with Gasteiger partial charge in [-0.15, -0.1) is 11.3 Å². The first-order valence-electron chi connectivity index (χ1n) is 6.41. The van der Waals surface area contributed by atoms with Crippen LogP contribution in [0.25, 0.3) is 11.3 Å². The average molecular weight is 281 g/mol. The topological polar surface area (TPSA) is 50.9 Å². The number of para-hydroxylation sites is 1. The Morgan fingerprint density at radius 2 is 1.75 bits per heavy atom. The van der Waals surface area contributed by atoms with E-state index in [1.54, 1.807) is 11.3 Å². The molecule has 0 unspecified atom stereocenters. The van der Waals surface area contributed by atoms with Gasteiger partial charge in [-0.2, -0.15) is 0 Å². The second kappa shape index (κ2) is 5.75. The molecular formula is C16H15N3S. The van der Waals surface area contributed by atoms with Gasteiger partial charge < -0.3 is 11.1 Å². The second-order valence-corrected chi connectivity index (χ2v) is 5.32. The summed E-state index contributed by atoms with van der Waals surface area (Å²) >= 11 is 1.59. The van der Waals surface area contributed by atoms with Crippen molar-refractivity contribution in [1.82, 2.24) is 4.98 Å². The van der Waals surface area contributed by atoms with Crippen LogP contribution in [0.15, 0.2) is 60.0 Å². The lowest BCUT2D eigenvalue weighted by atomic mass is 10.1. The highest BCUT2D eigenvalue weighted by Crippen LogP contribution is 2.28. The molecule has 0 aliphatic rings. The maximum Gasteiger partial charge on any atom is 0.183 e. The molecule has 0 atom stereocenters. The van der Waals surface area contributed by atoms with Gasteiger partial charge in [0.15, 0.2) is 5.13 Å². The minimum absolute atomic E-state index is 0.757. The van der Waals surface area contributed by atoms with Crippen LogP contribution >= 0.6 is 11.3 Å². The standard InChI is InChI=1S/C16H15N3S/c17-14-9-5-4-8-13(14)15-11-20-16(19-15)18-10-12-6-2-1-3-7-12/h1-9,11H,10,17H2,(H,18,19). The van der Waals surface area contributed by atoms with E-state index in [2.05, 4.69) is 22.4 Å². The van der Waals surface area contributed by atoms with Crippen molar-refractivity contribution in [3.63, 3.8) is 0 Å². The Morgan fingerprint density at radius 3 is 2.55 bits per heavy atom. The van der Waals surface area contributed by atoms with Crippen LogP contribution in [0.3, 0.4) is 0 Å². The van der Waals surface area contributed by atoms with Crippen molar-refractivity contribution in [2.45, 2.75) is 6.54 Å². The summed E-state index contributed by atoms with van der Waals surface area (Å²) in [6.07, 6.45) is 0. The summed E-state index contributed by atoms with van der Waals surface area (Å²) in [5.74, 6) is 0. The van der Waals surface area contributed by atoms with Crippen LogP contribution in [-0.2, 0) is 6.54 Å². The van der Waals surface area contributed by atoms with Gasteiger partial charge >= 0.3 is 0 Å². The van der Waals surface area contributed by atoms with Crippen molar-refractivity contribution in [2.75, 3.05) is 11.1 Å². The molecule has 0 spiro atoms. The predicted octanol–water partition coefficient (Wildman–Crippen LogP) is 4.00. The number of benzene rings is 2. The van der Waals surface area contributed by atoms with Gasteiger partial charge in [0.25, 0.3) is 0 Å². The third-order valence-electron chi connectivity index (χ3n) is 3.03. The van der Waals surface area contributed by atoms with Gasteiger partial charge in [0, 0.05) is 23.2 Å². The van der Waals surface area contributed by atoms with Crippen LogP contribution in [0.5, 0.6) is 0 Å². The molecule has 3 aromatic rings. The first kappa shape index (κ1) is 12.7. The highest BCUT2D eigenvalue weighted by molar-refractivity contribution is 7.14. The zero-order chi connectivity index (χ0) is 13.8. The average Bonchev–Trinajstić information content (AvgIpc) is 2.95. The number of nitrogens with one attached hydrogen (secondary N) is 1. The fraction of sp³-hybridized carbons (Fsp3) is 0.0625. The first-order chi connectivity index (χ1) is 9.83. The normalized spacial score (nSPS) is 10.4. The third-order valence-corrected chi connectivity index (χ3v) is 3.83. The van der Waals surface area contributed by atoms with Crippen LogP contribution < -0.4 is 11.1 Å². The zero-order valence-electron chi connectivity index (χ0n) is 10.9. The van der Waals surface area contributed by atoms with E-state index in [1.165, 1.54) is 5.56 Å². The minimum Gasteiger partial charge on any atom is -0.398 e. The van der Waals surface area contributed by atoms with Crippen molar-refractivity contribution in [3.8, 4) is 11.3 Å². The summed E-state index contributed by atoms with van der Waals surface area (Å²) in [6, 6.07) is 18.1. The Bertz CT molecular complexity index is 692. The minimum atomic E-state index is 0.757. The van der Waals surface area contributed by atoms with Crippen molar-refractivity contribution >= 4 is 22.2 Å². The smallest absolute Gasteiger partial charge is 0.183 e. The molecule has 3 rings (SSSR count). The molecule has 3 N–H and O–H groups in total. The van der Waals surface area contributed by atoms with Crippen LogP contribution in [0.2, 0.25) is 0 Å². The third kappa shape index (κ3) is 2.81. The maximum absolute atomic E-state index is 5.97. The monoisotopic (exact) mass is 281 g/mol. The molecule has 0 saturated carbocycles. The van der Waals surface area contributed by atoms with Crippen LogP contribution in [0, 0.1) is 0 Å². The molecule has 0 bridgehead atoms. The van der Waals surface area contributed by atoms with Crippen molar-refractivity contribution < 1.29 is 0 Å². The molecule has 0 aliphatic carbocycles. The Morgan fingerprint density at radius 1 is 1.00 bits per heavy atom. The molecule has 100 valence electrons. The summed E-state index contributed by atoms with van der Waals surface area (Å²) in [6.45, 7) is 0.776. The molecule has 0 fully saturated rings. The molecule has 4 heteroatoms. The summed E-state index contributed by atoms with van der Waals surface area (Å²) in [5, 5.41) is 6.27. The van der Waals surface area contributed by atoms with Crippen molar-refractivity contribution in [3.05, 3.63) is 65.5 Å². The van der Waals surface area contributed by atoms with Crippen LogP contribution in [0.4, 0.5) is 10.8 Å². The lowest BCUT2D eigenvalue weighted by Gasteiger charge is -2.03. The Kier molecular flexibility index (Phi) is 3.65. The molecule has 20 heavy (non-hydrogen) atoms. The molecule has 0 aliphatic heterocycles. The number of rotatable bonds is 4. The van der Waals surface area contributed by atoms with E-state index in [0.29, 0.717) is 0 Å². The van der Waals surface area contributed by atoms with Gasteiger partial charge in [0.1, 0.15) is 0 Å². The van der Waals surface area contributed by atoms with E-state index < -0.39 is 0 Å². The van der Waals surface area contributed by atoms with Gasteiger partial charge in [-0.05, 0) is 11.6 Å². The maximum atomic E-state index is 5.97. The fourth-order valence-electron chi connectivity index (χ4n) is 1.98. The number of thiazole rings is 1. The summed E-state index contributed by atoms with van der Waals surface area (Å²) in [5.41, 5.74) is 9.87. The highest BCUT2D eigenvalue weighted by Gasteiger charge is 2.06. The number of hydrogen-bond donors (Lipinski definition) is 2. The lowest BCUT2D eigenvalue weighted by molar-refractivity contribution is 1.14. The Balaban J connectivity index is 1.73. The molecule has 1 aromatic heterocycles. The number of nitrogen functional groups attached to an aromatic ring is 1. The van der Waals surface area contributed by atoms with E-state index in [-0.39, 0.29) is 0 Å². The van der Waals surface area contributed by atoms with Gasteiger partial charge in [0.05, 0.1) is 5.69 Å². The molecule has 0 radical (unpaired) electrons. The number of nitrogens with two attached hydrogens (primary N) is 1. The molecule has 0 amide bonds. The quantitative estimate of drug-likeness (QED) is 0.711. The largest absolute Gasteiger partial charge is 0.398 e. The number of hydrogen-bond acceptors (Lipinski definition) is 4. The molecule has 2 aromatic carbocycles. The van der Waals surface area contributed by atoms with E-state index in [4.69, 9.17) is 5.73 Å².